The summed E-state index contributed by atoms with van der Waals surface area (Å²) in [5.41, 5.74) is 5.79. The summed E-state index contributed by atoms with van der Waals surface area (Å²) in [5.74, 6) is 0.450. The molecular formula is C10H15N3O3. The number of nitro groups is 1. The molecule has 1 aromatic rings. The molecule has 6 heteroatoms. The Labute approximate surface area is 93.2 Å². The first kappa shape index (κ1) is 11.1. The maximum Gasteiger partial charge on any atom is 0.433 e. The molecule has 0 aromatic carbocycles. The largest absolute Gasteiger partial charge is 0.433 e. The third-order valence-electron chi connectivity index (χ3n) is 2.84. The minimum absolute atomic E-state index is 0.191. The Bertz CT molecular complexity index is 369. The highest BCUT2D eigenvalue weighted by atomic mass is 16.6. The third kappa shape index (κ3) is 2.59. The van der Waals surface area contributed by atoms with E-state index >= 15 is 0 Å². The lowest BCUT2D eigenvalue weighted by Gasteiger charge is -2.29. The molecule has 2 rings (SSSR count). The molecule has 1 saturated heterocycles. The van der Waals surface area contributed by atoms with Gasteiger partial charge in [-0.1, -0.05) is 0 Å². The van der Waals surface area contributed by atoms with Crippen LogP contribution < -0.4 is 5.73 Å². The first-order chi connectivity index (χ1) is 7.65. The van der Waals surface area contributed by atoms with Crippen molar-refractivity contribution in [1.29, 1.82) is 0 Å². The van der Waals surface area contributed by atoms with Gasteiger partial charge >= 0.3 is 5.88 Å². The molecule has 1 aliphatic heterocycles. The standard InChI is InChI=1S/C10H15N3O3/c11-8-3-5-12(6-4-8)7-9-1-2-10(16-9)13(14)15/h1-2,8H,3-7,11H2. The van der Waals surface area contributed by atoms with Crippen molar-refractivity contribution in [2.75, 3.05) is 13.1 Å². The molecule has 2 N–H and O–H groups in total. The van der Waals surface area contributed by atoms with Gasteiger partial charge in [0.25, 0.3) is 0 Å². The Morgan fingerprint density at radius 2 is 2.19 bits per heavy atom. The number of likely N-dealkylation sites (tertiary alicyclic amines) is 1. The van der Waals surface area contributed by atoms with Gasteiger partial charge in [-0.05, 0) is 18.9 Å². The Hall–Kier alpha value is -1.40. The van der Waals surface area contributed by atoms with Crippen LogP contribution in [0.1, 0.15) is 18.6 Å². The highest BCUT2D eigenvalue weighted by Crippen LogP contribution is 2.18. The molecule has 0 amide bonds. The predicted molar refractivity (Wildman–Crippen MR) is 57.8 cm³/mol. The lowest BCUT2D eigenvalue weighted by Crippen LogP contribution is -2.39. The van der Waals surface area contributed by atoms with Crippen LogP contribution in [0.3, 0.4) is 0 Å². The molecule has 0 unspecified atom stereocenters. The van der Waals surface area contributed by atoms with E-state index in [-0.39, 0.29) is 5.88 Å². The highest BCUT2D eigenvalue weighted by molar-refractivity contribution is 5.17. The minimum Gasteiger partial charge on any atom is -0.404 e. The van der Waals surface area contributed by atoms with Gasteiger partial charge in [0.15, 0.2) is 0 Å². The number of rotatable bonds is 3. The first-order valence-electron chi connectivity index (χ1n) is 5.36. The van der Waals surface area contributed by atoms with Crippen LogP contribution in [0.2, 0.25) is 0 Å². The SMILES string of the molecule is NC1CCN(Cc2ccc([N+](=O)[O-])o2)CC1. The summed E-state index contributed by atoms with van der Waals surface area (Å²) in [7, 11) is 0. The average Bonchev–Trinajstić information content (AvgIpc) is 2.70. The summed E-state index contributed by atoms with van der Waals surface area (Å²) < 4.78 is 5.10. The smallest absolute Gasteiger partial charge is 0.404 e. The molecule has 2 heterocycles. The molecule has 0 spiro atoms. The topological polar surface area (TPSA) is 85.5 Å². The van der Waals surface area contributed by atoms with Crippen LogP contribution in [0.15, 0.2) is 16.5 Å². The number of furan rings is 1. The normalized spacial score (nSPS) is 18.8. The van der Waals surface area contributed by atoms with Crippen molar-refractivity contribution >= 4 is 5.88 Å². The molecule has 1 fully saturated rings. The monoisotopic (exact) mass is 225 g/mol. The zero-order chi connectivity index (χ0) is 11.5. The van der Waals surface area contributed by atoms with Gasteiger partial charge in [0.05, 0.1) is 12.6 Å². The average molecular weight is 225 g/mol. The Morgan fingerprint density at radius 3 is 2.75 bits per heavy atom. The van der Waals surface area contributed by atoms with Gasteiger partial charge in [0.1, 0.15) is 10.7 Å². The van der Waals surface area contributed by atoms with Crippen molar-refractivity contribution in [3.8, 4) is 0 Å². The fourth-order valence-corrected chi connectivity index (χ4v) is 1.88. The Balaban J connectivity index is 1.91. The van der Waals surface area contributed by atoms with Crippen molar-refractivity contribution in [2.24, 2.45) is 5.73 Å². The molecular weight excluding hydrogens is 210 g/mol. The van der Waals surface area contributed by atoms with E-state index in [1.165, 1.54) is 6.07 Å². The van der Waals surface area contributed by atoms with E-state index in [0.717, 1.165) is 25.9 Å². The van der Waals surface area contributed by atoms with Gasteiger partial charge in [-0.2, -0.15) is 0 Å². The molecule has 1 aromatic heterocycles. The fourth-order valence-electron chi connectivity index (χ4n) is 1.88. The van der Waals surface area contributed by atoms with E-state index < -0.39 is 4.92 Å². The minimum atomic E-state index is -0.518. The molecule has 16 heavy (non-hydrogen) atoms. The van der Waals surface area contributed by atoms with Crippen LogP contribution in [0.4, 0.5) is 5.88 Å². The van der Waals surface area contributed by atoms with Gasteiger partial charge in [0, 0.05) is 19.1 Å². The summed E-state index contributed by atoms with van der Waals surface area (Å²) in [6, 6.07) is 3.35. The molecule has 0 radical (unpaired) electrons. The van der Waals surface area contributed by atoms with Crippen LogP contribution >= 0.6 is 0 Å². The van der Waals surface area contributed by atoms with Crippen LogP contribution in [0.5, 0.6) is 0 Å². The quantitative estimate of drug-likeness (QED) is 0.615. The van der Waals surface area contributed by atoms with Crippen molar-refractivity contribution in [1.82, 2.24) is 4.90 Å². The van der Waals surface area contributed by atoms with Crippen molar-refractivity contribution in [2.45, 2.75) is 25.4 Å². The molecule has 1 aliphatic rings. The van der Waals surface area contributed by atoms with Gasteiger partial charge in [-0.25, -0.2) is 0 Å². The number of piperidine rings is 1. The van der Waals surface area contributed by atoms with Gasteiger partial charge < -0.3 is 10.2 Å². The maximum atomic E-state index is 10.4. The Kier molecular flexibility index (Phi) is 3.21. The van der Waals surface area contributed by atoms with Crippen molar-refractivity contribution < 1.29 is 9.34 Å². The Morgan fingerprint density at radius 1 is 1.50 bits per heavy atom. The van der Waals surface area contributed by atoms with E-state index in [1.54, 1.807) is 6.07 Å². The lowest BCUT2D eigenvalue weighted by atomic mass is 10.1. The third-order valence-corrected chi connectivity index (χ3v) is 2.84. The van der Waals surface area contributed by atoms with E-state index in [0.29, 0.717) is 18.3 Å². The summed E-state index contributed by atoms with van der Waals surface area (Å²) in [4.78, 5) is 12.1. The van der Waals surface area contributed by atoms with Crippen LogP contribution in [0.25, 0.3) is 0 Å². The number of nitrogens with two attached hydrogens (primary N) is 1. The maximum absolute atomic E-state index is 10.4. The van der Waals surface area contributed by atoms with E-state index in [1.807, 2.05) is 0 Å². The first-order valence-corrected chi connectivity index (χ1v) is 5.36. The molecule has 0 saturated carbocycles. The number of hydrogen-bond acceptors (Lipinski definition) is 5. The van der Waals surface area contributed by atoms with Crippen LogP contribution in [-0.4, -0.2) is 29.0 Å². The van der Waals surface area contributed by atoms with Crippen molar-refractivity contribution in [3.05, 3.63) is 28.0 Å². The molecule has 0 aliphatic carbocycles. The number of hydrogen-bond donors (Lipinski definition) is 1. The second-order valence-electron chi connectivity index (χ2n) is 4.11. The molecule has 6 nitrogen and oxygen atoms in total. The second kappa shape index (κ2) is 4.63. The van der Waals surface area contributed by atoms with E-state index in [4.69, 9.17) is 10.2 Å². The van der Waals surface area contributed by atoms with Crippen molar-refractivity contribution in [3.63, 3.8) is 0 Å². The zero-order valence-electron chi connectivity index (χ0n) is 8.96. The number of nitrogens with zero attached hydrogens (tertiary/aromatic N) is 2. The van der Waals surface area contributed by atoms with Gasteiger partial charge in [-0.15, -0.1) is 0 Å². The predicted octanol–water partition coefficient (Wildman–Crippen LogP) is 1.11. The van der Waals surface area contributed by atoms with Crippen LogP contribution in [-0.2, 0) is 6.54 Å². The van der Waals surface area contributed by atoms with Gasteiger partial charge in [-0.3, -0.25) is 15.0 Å². The summed E-state index contributed by atoms with van der Waals surface area (Å²) in [6.45, 7) is 2.48. The summed E-state index contributed by atoms with van der Waals surface area (Å²) in [5, 5.41) is 10.4. The summed E-state index contributed by atoms with van der Waals surface area (Å²) in [6.07, 6.45) is 1.95. The van der Waals surface area contributed by atoms with E-state index in [2.05, 4.69) is 4.90 Å². The summed E-state index contributed by atoms with van der Waals surface area (Å²) >= 11 is 0. The van der Waals surface area contributed by atoms with E-state index in [9.17, 15) is 10.1 Å². The molecule has 0 bridgehead atoms. The molecule has 88 valence electrons. The van der Waals surface area contributed by atoms with Gasteiger partial charge in [0.2, 0.25) is 0 Å². The lowest BCUT2D eigenvalue weighted by molar-refractivity contribution is -0.402. The zero-order valence-corrected chi connectivity index (χ0v) is 8.96. The second-order valence-corrected chi connectivity index (χ2v) is 4.11. The molecule has 0 atom stereocenters. The highest BCUT2D eigenvalue weighted by Gasteiger charge is 2.18. The van der Waals surface area contributed by atoms with Crippen LogP contribution in [0, 0.1) is 10.1 Å². The fraction of sp³-hybridized carbons (Fsp3) is 0.600.